The highest BCUT2D eigenvalue weighted by molar-refractivity contribution is 5.73. The molecule has 6 heteroatoms. The van der Waals surface area contributed by atoms with Gasteiger partial charge in [-0.1, -0.05) is 0 Å². The molecule has 0 aliphatic carbocycles. The summed E-state index contributed by atoms with van der Waals surface area (Å²) in [6.45, 7) is 9.06. The second kappa shape index (κ2) is 20.7. The lowest BCUT2D eigenvalue weighted by Crippen LogP contribution is -2.11. The van der Waals surface area contributed by atoms with E-state index in [1.165, 1.54) is 41.5 Å². The molecule has 0 bridgehead atoms. The van der Waals surface area contributed by atoms with Crippen molar-refractivity contribution in [2.24, 2.45) is 0 Å². The quantitative estimate of drug-likeness (QED) is 0.672. The van der Waals surface area contributed by atoms with Crippen molar-refractivity contribution in [3.8, 4) is 0 Å². The number of rotatable bonds is 0. The van der Waals surface area contributed by atoms with Gasteiger partial charge >= 0.3 is 0 Å². The molecule has 0 aliphatic heterocycles. The van der Waals surface area contributed by atoms with Crippen LogP contribution in [0.15, 0.2) is 0 Å². The summed E-state index contributed by atoms with van der Waals surface area (Å²) in [5.41, 5.74) is 0. The minimum atomic E-state index is 0.00463. The maximum Gasteiger partial charge on any atom is 0.216 e. The van der Waals surface area contributed by atoms with Gasteiger partial charge in [0.2, 0.25) is 11.8 Å². The molecule has 18 heavy (non-hydrogen) atoms. The van der Waals surface area contributed by atoms with Crippen LogP contribution in [0.1, 0.15) is 41.5 Å². The number of amides is 2. The molecule has 0 spiro atoms. The summed E-state index contributed by atoms with van der Waals surface area (Å²) in [5.74, 6) is 0.343. The van der Waals surface area contributed by atoms with Gasteiger partial charge in [0.15, 0.2) is 0 Å². The average molecular weight is 262 g/mol. The van der Waals surface area contributed by atoms with Crippen molar-refractivity contribution in [3.05, 3.63) is 0 Å². The Morgan fingerprint density at radius 3 is 0.611 bits per heavy atom. The summed E-state index contributed by atoms with van der Waals surface area (Å²) in [7, 11) is 3.20. The van der Waals surface area contributed by atoms with E-state index in [9.17, 15) is 19.2 Å². The average Bonchev–Trinajstić information content (AvgIpc) is 2.16. The standard InChI is InChI=1S/2C3H7NO.2C3H6O/c2*1-3(5)4-2;2*1-3(2)4/h2*1-2H3,(H,4,5);2*1-2H3. The second-order valence-corrected chi connectivity index (χ2v) is 3.43. The minimum absolute atomic E-state index is 0.00463. The molecule has 6 nitrogen and oxygen atoms in total. The fourth-order valence-corrected chi connectivity index (χ4v) is 0. The zero-order valence-corrected chi connectivity index (χ0v) is 12.6. The fourth-order valence-electron chi connectivity index (χ4n) is 0. The Hall–Kier alpha value is -1.72. The van der Waals surface area contributed by atoms with E-state index in [1.807, 2.05) is 0 Å². The van der Waals surface area contributed by atoms with Crippen LogP contribution in [0.5, 0.6) is 0 Å². The normalized spacial score (nSPS) is 6.67. The van der Waals surface area contributed by atoms with E-state index in [1.54, 1.807) is 14.1 Å². The number of carbonyl (C=O) groups is 4. The van der Waals surface area contributed by atoms with E-state index < -0.39 is 0 Å². The van der Waals surface area contributed by atoms with Crippen LogP contribution >= 0.6 is 0 Å². The van der Waals surface area contributed by atoms with Gasteiger partial charge in [-0.3, -0.25) is 9.59 Å². The molecule has 0 unspecified atom stereocenters. The van der Waals surface area contributed by atoms with Crippen molar-refractivity contribution in [2.45, 2.75) is 41.5 Å². The predicted octanol–water partition coefficient (Wildman–Crippen LogP) is 0.695. The molecule has 0 fully saturated rings. The van der Waals surface area contributed by atoms with E-state index in [0.29, 0.717) is 0 Å². The van der Waals surface area contributed by atoms with Gasteiger partial charge in [-0.05, 0) is 27.7 Å². The van der Waals surface area contributed by atoms with E-state index >= 15 is 0 Å². The first-order valence-corrected chi connectivity index (χ1v) is 5.32. The van der Waals surface area contributed by atoms with Crippen molar-refractivity contribution in [3.63, 3.8) is 0 Å². The molecule has 108 valence electrons. The zero-order valence-electron chi connectivity index (χ0n) is 12.6. The second-order valence-electron chi connectivity index (χ2n) is 3.43. The van der Waals surface area contributed by atoms with E-state index in [-0.39, 0.29) is 23.4 Å². The summed E-state index contributed by atoms with van der Waals surface area (Å²) >= 11 is 0. The molecular weight excluding hydrogens is 236 g/mol. The third-order valence-electron chi connectivity index (χ3n) is 0.704. The molecular formula is C12H26N2O4. The van der Waals surface area contributed by atoms with Gasteiger partial charge in [0.05, 0.1) is 0 Å². The first kappa shape index (κ1) is 25.2. The van der Waals surface area contributed by atoms with Crippen molar-refractivity contribution in [1.29, 1.82) is 0 Å². The van der Waals surface area contributed by atoms with Crippen molar-refractivity contribution < 1.29 is 19.2 Å². The summed E-state index contributed by atoms with van der Waals surface area (Å²) in [6, 6.07) is 0. The molecule has 0 aromatic heterocycles. The van der Waals surface area contributed by atoms with Gasteiger partial charge in [-0.15, -0.1) is 0 Å². The van der Waals surface area contributed by atoms with Gasteiger partial charge in [-0.25, -0.2) is 0 Å². The number of hydrogen-bond acceptors (Lipinski definition) is 4. The molecule has 2 amide bonds. The Bertz CT molecular complexity index is 216. The van der Waals surface area contributed by atoms with Crippen LogP contribution in [-0.2, 0) is 19.2 Å². The molecule has 0 atom stereocenters. The molecule has 0 saturated heterocycles. The fraction of sp³-hybridized carbons (Fsp3) is 0.667. The molecule has 0 saturated carbocycles. The number of carbonyl (C=O) groups excluding carboxylic acids is 4. The Kier molecular flexibility index (Phi) is 28.9. The van der Waals surface area contributed by atoms with Gasteiger partial charge in [-0.2, -0.15) is 0 Å². The van der Waals surface area contributed by atoms with Crippen LogP contribution in [0.25, 0.3) is 0 Å². The van der Waals surface area contributed by atoms with Crippen LogP contribution in [0.4, 0.5) is 0 Å². The van der Waals surface area contributed by atoms with Crippen LogP contribution in [0, 0.1) is 0 Å². The van der Waals surface area contributed by atoms with Crippen molar-refractivity contribution in [2.75, 3.05) is 14.1 Å². The summed E-state index contributed by atoms with van der Waals surface area (Å²) in [4.78, 5) is 38.3. The van der Waals surface area contributed by atoms with Gasteiger partial charge in [0, 0.05) is 27.9 Å². The first-order chi connectivity index (χ1) is 8.00. The van der Waals surface area contributed by atoms with Crippen LogP contribution in [0.2, 0.25) is 0 Å². The predicted molar refractivity (Wildman–Crippen MR) is 72.2 cm³/mol. The first-order valence-electron chi connectivity index (χ1n) is 5.32. The lowest BCUT2D eigenvalue weighted by Gasteiger charge is -1.80. The molecule has 2 N–H and O–H groups in total. The highest BCUT2D eigenvalue weighted by Crippen LogP contribution is 1.51. The lowest BCUT2D eigenvalue weighted by molar-refractivity contribution is -0.119. The van der Waals surface area contributed by atoms with E-state index in [4.69, 9.17) is 0 Å². The van der Waals surface area contributed by atoms with E-state index in [2.05, 4.69) is 10.6 Å². The Morgan fingerprint density at radius 2 is 0.611 bits per heavy atom. The summed E-state index contributed by atoms with van der Waals surface area (Å²) in [6.07, 6.45) is 0. The van der Waals surface area contributed by atoms with Crippen LogP contribution in [0.3, 0.4) is 0 Å². The smallest absolute Gasteiger partial charge is 0.216 e. The molecule has 0 aliphatic rings. The Labute approximate surface area is 110 Å². The number of Topliss-reactive ketones (excluding diaryl/α,β-unsaturated/α-hetero) is 2. The highest BCUT2D eigenvalue weighted by atomic mass is 16.2. The van der Waals surface area contributed by atoms with Gasteiger partial charge in [0.1, 0.15) is 11.6 Å². The number of nitrogens with one attached hydrogen (secondary N) is 2. The number of hydrogen-bond donors (Lipinski definition) is 2. The maximum absolute atomic E-state index is 9.70. The molecule has 0 aromatic rings. The van der Waals surface area contributed by atoms with Crippen molar-refractivity contribution in [1.82, 2.24) is 10.6 Å². The number of ketones is 2. The third-order valence-corrected chi connectivity index (χ3v) is 0.704. The zero-order chi connectivity index (χ0) is 15.7. The monoisotopic (exact) mass is 262 g/mol. The Balaban J connectivity index is -0.0000000731. The maximum atomic E-state index is 9.70. The lowest BCUT2D eigenvalue weighted by atomic mass is 10.6. The summed E-state index contributed by atoms with van der Waals surface area (Å²) < 4.78 is 0. The highest BCUT2D eigenvalue weighted by Gasteiger charge is 1.73. The van der Waals surface area contributed by atoms with Crippen LogP contribution in [-0.4, -0.2) is 37.5 Å². The van der Waals surface area contributed by atoms with Crippen molar-refractivity contribution >= 4 is 23.4 Å². The minimum Gasteiger partial charge on any atom is -0.359 e. The molecule has 0 heterocycles. The molecule has 0 radical (unpaired) electrons. The largest absolute Gasteiger partial charge is 0.359 e. The topological polar surface area (TPSA) is 92.3 Å². The van der Waals surface area contributed by atoms with Gasteiger partial charge < -0.3 is 20.2 Å². The van der Waals surface area contributed by atoms with E-state index in [0.717, 1.165) is 0 Å². The SMILES string of the molecule is CC(C)=O.CC(C)=O.CNC(C)=O.CNC(C)=O. The van der Waals surface area contributed by atoms with Gasteiger partial charge in [0.25, 0.3) is 0 Å². The third kappa shape index (κ3) is 484. The molecule has 0 rings (SSSR count). The Morgan fingerprint density at radius 1 is 0.556 bits per heavy atom. The molecule has 0 aromatic carbocycles. The van der Waals surface area contributed by atoms with Crippen LogP contribution < -0.4 is 10.6 Å². The summed E-state index contributed by atoms with van der Waals surface area (Å²) in [5, 5.41) is 4.78.